The maximum absolute atomic E-state index is 14.1. The zero-order valence-electron chi connectivity index (χ0n) is 13.3. The maximum Gasteiger partial charge on any atom is 0.272 e. The van der Waals surface area contributed by atoms with E-state index in [0.29, 0.717) is 17.4 Å². The summed E-state index contributed by atoms with van der Waals surface area (Å²) < 4.78 is 45.9. The van der Waals surface area contributed by atoms with Gasteiger partial charge in [0.25, 0.3) is 11.6 Å². The Morgan fingerprint density at radius 1 is 1.16 bits per heavy atom. The number of rotatable bonds is 4. The predicted molar refractivity (Wildman–Crippen MR) is 90.5 cm³/mol. The Labute approximate surface area is 141 Å². The molecule has 1 aromatic heterocycles. The van der Waals surface area contributed by atoms with Crippen molar-refractivity contribution in [3.05, 3.63) is 82.0 Å². The standard InChI is InChI=1S/C19H14F3NO2/c1-25-15-7-5-12(6-8-15)11-23-14(10-17(21)22)9-13-3-2-4-16(20)18(13)19(23)24/h2-10H,11H2,1H3. The summed E-state index contributed by atoms with van der Waals surface area (Å²) in [6.07, 6.45) is -1.33. The predicted octanol–water partition coefficient (Wildman–Crippen LogP) is 4.43. The van der Waals surface area contributed by atoms with E-state index >= 15 is 0 Å². The second-order valence-corrected chi connectivity index (χ2v) is 5.45. The number of hydrogen-bond donors (Lipinski definition) is 0. The van der Waals surface area contributed by atoms with Crippen LogP contribution in [0.4, 0.5) is 13.2 Å². The number of ether oxygens (including phenoxy) is 1. The Bertz CT molecular complexity index is 1000. The quantitative estimate of drug-likeness (QED) is 0.700. The van der Waals surface area contributed by atoms with Crippen molar-refractivity contribution in [1.82, 2.24) is 4.57 Å². The largest absolute Gasteiger partial charge is 0.497 e. The fourth-order valence-corrected chi connectivity index (χ4v) is 2.68. The van der Waals surface area contributed by atoms with Gasteiger partial charge < -0.3 is 9.30 Å². The summed E-state index contributed by atoms with van der Waals surface area (Å²) in [5.41, 5.74) is 0.0605. The smallest absolute Gasteiger partial charge is 0.272 e. The minimum absolute atomic E-state index is 0.0129. The van der Waals surface area contributed by atoms with Crippen molar-refractivity contribution < 1.29 is 17.9 Å². The number of fused-ring (bicyclic) bond motifs is 1. The maximum atomic E-state index is 14.1. The van der Waals surface area contributed by atoms with Crippen LogP contribution in [0.2, 0.25) is 0 Å². The Morgan fingerprint density at radius 3 is 2.52 bits per heavy atom. The molecular weight excluding hydrogens is 331 g/mol. The van der Waals surface area contributed by atoms with Gasteiger partial charge >= 0.3 is 0 Å². The van der Waals surface area contributed by atoms with Crippen molar-refractivity contribution >= 4 is 16.8 Å². The van der Waals surface area contributed by atoms with Crippen molar-refractivity contribution in [2.75, 3.05) is 7.11 Å². The monoisotopic (exact) mass is 345 g/mol. The molecule has 0 N–H and O–H groups in total. The first kappa shape index (κ1) is 16.8. The number of halogens is 3. The number of benzene rings is 2. The fraction of sp³-hybridized carbons (Fsp3) is 0.105. The molecule has 3 nitrogen and oxygen atoms in total. The Morgan fingerprint density at radius 2 is 1.88 bits per heavy atom. The Kier molecular flexibility index (Phi) is 4.61. The number of aromatic nitrogens is 1. The fourth-order valence-electron chi connectivity index (χ4n) is 2.68. The van der Waals surface area contributed by atoms with Crippen LogP contribution in [0, 0.1) is 5.82 Å². The molecule has 0 amide bonds. The summed E-state index contributed by atoms with van der Waals surface area (Å²) in [6, 6.07) is 12.3. The highest BCUT2D eigenvalue weighted by atomic mass is 19.3. The van der Waals surface area contributed by atoms with Crippen LogP contribution >= 0.6 is 0 Å². The molecule has 0 aliphatic heterocycles. The molecule has 0 atom stereocenters. The lowest BCUT2D eigenvalue weighted by atomic mass is 10.1. The molecule has 0 aliphatic carbocycles. The minimum atomic E-state index is -1.93. The van der Waals surface area contributed by atoms with Gasteiger partial charge in [-0.2, -0.15) is 8.78 Å². The third-order valence-corrected chi connectivity index (χ3v) is 3.88. The first-order chi connectivity index (χ1) is 12.0. The molecule has 0 unspecified atom stereocenters. The van der Waals surface area contributed by atoms with Crippen molar-refractivity contribution in [1.29, 1.82) is 0 Å². The van der Waals surface area contributed by atoms with E-state index in [2.05, 4.69) is 0 Å². The van der Waals surface area contributed by atoms with Gasteiger partial charge in [-0.3, -0.25) is 4.79 Å². The first-order valence-electron chi connectivity index (χ1n) is 7.47. The molecule has 0 radical (unpaired) electrons. The number of methoxy groups -OCH3 is 1. The number of nitrogens with zero attached hydrogens (tertiary/aromatic N) is 1. The third-order valence-electron chi connectivity index (χ3n) is 3.88. The Hall–Kier alpha value is -3.02. The van der Waals surface area contributed by atoms with Gasteiger partial charge in [0.15, 0.2) is 0 Å². The second kappa shape index (κ2) is 6.84. The van der Waals surface area contributed by atoms with Gasteiger partial charge in [0.1, 0.15) is 11.6 Å². The van der Waals surface area contributed by atoms with E-state index in [1.807, 2.05) is 0 Å². The van der Waals surface area contributed by atoms with E-state index in [1.165, 1.54) is 31.4 Å². The molecule has 6 heteroatoms. The normalized spacial score (nSPS) is 10.7. The highest BCUT2D eigenvalue weighted by molar-refractivity contribution is 5.84. The lowest BCUT2D eigenvalue weighted by Gasteiger charge is -2.13. The van der Waals surface area contributed by atoms with Crippen LogP contribution in [-0.4, -0.2) is 11.7 Å². The van der Waals surface area contributed by atoms with E-state index in [4.69, 9.17) is 4.74 Å². The van der Waals surface area contributed by atoms with Crippen molar-refractivity contribution in [3.8, 4) is 5.75 Å². The summed E-state index contributed by atoms with van der Waals surface area (Å²) in [7, 11) is 1.53. The second-order valence-electron chi connectivity index (χ2n) is 5.45. The van der Waals surface area contributed by atoms with E-state index in [0.717, 1.165) is 4.57 Å². The topological polar surface area (TPSA) is 31.2 Å². The summed E-state index contributed by atoms with van der Waals surface area (Å²) in [6.45, 7) is 0.0339. The highest BCUT2D eigenvalue weighted by Gasteiger charge is 2.13. The molecule has 128 valence electrons. The molecule has 0 aliphatic rings. The van der Waals surface area contributed by atoms with E-state index in [1.54, 1.807) is 24.3 Å². The van der Waals surface area contributed by atoms with Gasteiger partial charge in [0.05, 0.1) is 24.7 Å². The molecule has 0 saturated heterocycles. The minimum Gasteiger partial charge on any atom is -0.497 e. The molecule has 3 rings (SSSR count). The Balaban J connectivity index is 2.19. The molecule has 0 spiro atoms. The molecular formula is C19H14F3NO2. The highest BCUT2D eigenvalue weighted by Crippen LogP contribution is 2.19. The molecule has 0 bridgehead atoms. The molecule has 0 saturated carbocycles. The van der Waals surface area contributed by atoms with Crippen LogP contribution in [0.25, 0.3) is 16.8 Å². The van der Waals surface area contributed by atoms with Gasteiger partial charge in [-0.25, -0.2) is 4.39 Å². The average Bonchev–Trinajstić information content (AvgIpc) is 2.58. The summed E-state index contributed by atoms with van der Waals surface area (Å²) in [5, 5.41) is 0.163. The van der Waals surface area contributed by atoms with E-state index in [9.17, 15) is 18.0 Å². The van der Waals surface area contributed by atoms with Crippen LogP contribution in [0.15, 0.2) is 59.4 Å². The van der Waals surface area contributed by atoms with Crippen LogP contribution in [0.3, 0.4) is 0 Å². The molecule has 1 heterocycles. The summed E-state index contributed by atoms with van der Waals surface area (Å²) in [4.78, 5) is 12.7. The lowest BCUT2D eigenvalue weighted by molar-refractivity contribution is 0.414. The van der Waals surface area contributed by atoms with Crippen LogP contribution < -0.4 is 10.3 Å². The van der Waals surface area contributed by atoms with Gasteiger partial charge in [0, 0.05) is 6.08 Å². The summed E-state index contributed by atoms with van der Waals surface area (Å²) >= 11 is 0. The van der Waals surface area contributed by atoms with Crippen LogP contribution in [0.5, 0.6) is 5.75 Å². The summed E-state index contributed by atoms with van der Waals surface area (Å²) in [5.74, 6) is -0.0437. The molecule has 3 aromatic rings. The number of hydrogen-bond acceptors (Lipinski definition) is 2. The number of pyridine rings is 1. The average molecular weight is 345 g/mol. The van der Waals surface area contributed by atoms with E-state index in [-0.39, 0.29) is 23.0 Å². The van der Waals surface area contributed by atoms with Crippen molar-refractivity contribution in [2.24, 2.45) is 0 Å². The van der Waals surface area contributed by atoms with Crippen molar-refractivity contribution in [3.63, 3.8) is 0 Å². The van der Waals surface area contributed by atoms with Crippen LogP contribution in [-0.2, 0) is 6.54 Å². The zero-order valence-corrected chi connectivity index (χ0v) is 13.3. The van der Waals surface area contributed by atoms with E-state index < -0.39 is 17.5 Å². The molecule has 0 fully saturated rings. The van der Waals surface area contributed by atoms with Gasteiger partial charge in [-0.05, 0) is 35.2 Å². The molecule has 2 aromatic carbocycles. The first-order valence-corrected chi connectivity index (χ1v) is 7.47. The third kappa shape index (κ3) is 3.42. The van der Waals surface area contributed by atoms with Crippen LogP contribution in [0.1, 0.15) is 11.3 Å². The zero-order chi connectivity index (χ0) is 18.0. The van der Waals surface area contributed by atoms with Crippen molar-refractivity contribution in [2.45, 2.75) is 6.54 Å². The molecule has 25 heavy (non-hydrogen) atoms. The van der Waals surface area contributed by atoms with Gasteiger partial charge in [-0.1, -0.05) is 24.3 Å². The van der Waals surface area contributed by atoms with Gasteiger partial charge in [0.2, 0.25) is 0 Å². The lowest BCUT2D eigenvalue weighted by Crippen LogP contribution is -2.23. The van der Waals surface area contributed by atoms with Gasteiger partial charge in [-0.15, -0.1) is 0 Å². The SMILES string of the molecule is COc1ccc(Cn2c(C=C(F)F)cc3cccc(F)c3c2=O)cc1.